The number of hydrogen-bond acceptors (Lipinski definition) is 8. The number of likely N-dealkylation sites (N-methyl/N-ethyl adjacent to an activating group) is 1. The predicted octanol–water partition coefficient (Wildman–Crippen LogP) is 3.97. The van der Waals surface area contributed by atoms with Gasteiger partial charge in [0.15, 0.2) is 23.1 Å². The van der Waals surface area contributed by atoms with Gasteiger partial charge in [-0.3, -0.25) is 4.57 Å². The van der Waals surface area contributed by atoms with Gasteiger partial charge in [-0.25, -0.2) is 23.7 Å². The smallest absolute Gasteiger partial charge is 0.229 e. The Morgan fingerprint density at radius 1 is 1.12 bits per heavy atom. The number of anilines is 3. The van der Waals surface area contributed by atoms with Crippen molar-refractivity contribution in [3.8, 4) is 17.3 Å². The lowest BCUT2D eigenvalue weighted by Gasteiger charge is -2.35. The molecule has 11 heteroatoms. The van der Waals surface area contributed by atoms with E-state index >= 15 is 0 Å². The van der Waals surface area contributed by atoms with Crippen molar-refractivity contribution in [2.45, 2.75) is 13.0 Å². The minimum absolute atomic E-state index is 0.179. The fourth-order valence-corrected chi connectivity index (χ4v) is 3.79. The van der Waals surface area contributed by atoms with Crippen molar-refractivity contribution in [1.29, 1.82) is 0 Å². The van der Waals surface area contributed by atoms with Crippen LogP contribution in [0.15, 0.2) is 49.2 Å². The lowest BCUT2D eigenvalue weighted by atomic mass is 10.0. The monoisotopic (exact) mass is 465 g/mol. The molecule has 4 aromatic rings. The number of nitrogens with one attached hydrogen (secondary N) is 1. The third-order valence-corrected chi connectivity index (χ3v) is 5.52. The first-order valence-corrected chi connectivity index (χ1v) is 10.4. The zero-order valence-electron chi connectivity index (χ0n) is 18.7. The number of ether oxygens (including phenoxy) is 2. The van der Waals surface area contributed by atoms with Crippen LogP contribution in [0.1, 0.15) is 17.3 Å². The van der Waals surface area contributed by atoms with E-state index in [-0.39, 0.29) is 6.61 Å². The second-order valence-corrected chi connectivity index (χ2v) is 7.78. The van der Waals surface area contributed by atoms with Crippen molar-refractivity contribution in [3.05, 3.63) is 72.1 Å². The summed E-state index contributed by atoms with van der Waals surface area (Å²) in [6, 6.07) is 4.81. The highest BCUT2D eigenvalue weighted by atomic mass is 19.1. The Hall–Kier alpha value is -4.28. The zero-order valence-corrected chi connectivity index (χ0v) is 18.7. The Balaban J connectivity index is 1.41. The molecule has 174 valence electrons. The maximum Gasteiger partial charge on any atom is 0.229 e. The van der Waals surface area contributed by atoms with Crippen LogP contribution in [-0.4, -0.2) is 45.3 Å². The molecule has 1 atom stereocenters. The number of imidazole rings is 1. The highest BCUT2D eigenvalue weighted by Gasteiger charge is 2.30. The van der Waals surface area contributed by atoms with Gasteiger partial charge in [0.05, 0.1) is 36.9 Å². The first kappa shape index (κ1) is 21.6. The Labute approximate surface area is 194 Å². The van der Waals surface area contributed by atoms with Crippen LogP contribution in [0.25, 0.3) is 5.82 Å². The van der Waals surface area contributed by atoms with E-state index in [2.05, 4.69) is 25.3 Å². The van der Waals surface area contributed by atoms with Crippen LogP contribution in [0.2, 0.25) is 0 Å². The molecule has 34 heavy (non-hydrogen) atoms. The van der Waals surface area contributed by atoms with Gasteiger partial charge in [0.25, 0.3) is 0 Å². The lowest BCUT2D eigenvalue weighted by Crippen LogP contribution is -2.35. The number of nitrogens with zero attached hydrogens (tertiary/aromatic N) is 6. The molecular formula is C23H21F2N7O2. The molecule has 0 saturated heterocycles. The second kappa shape index (κ2) is 8.58. The molecule has 3 aromatic heterocycles. The minimum Gasteiger partial charge on any atom is -0.493 e. The molecule has 0 amide bonds. The van der Waals surface area contributed by atoms with E-state index in [1.54, 1.807) is 48.4 Å². The second-order valence-electron chi connectivity index (χ2n) is 7.78. The molecule has 9 nitrogen and oxygen atoms in total. The number of aromatic nitrogens is 5. The molecule has 1 aliphatic rings. The van der Waals surface area contributed by atoms with E-state index in [0.29, 0.717) is 40.3 Å². The molecule has 4 heterocycles. The molecule has 1 unspecified atom stereocenters. The van der Waals surface area contributed by atoms with Crippen LogP contribution in [0.4, 0.5) is 26.2 Å². The fourth-order valence-electron chi connectivity index (χ4n) is 3.79. The van der Waals surface area contributed by atoms with Gasteiger partial charge in [0, 0.05) is 30.9 Å². The summed E-state index contributed by atoms with van der Waals surface area (Å²) in [6.45, 7) is 2.07. The van der Waals surface area contributed by atoms with E-state index in [4.69, 9.17) is 9.47 Å². The molecule has 0 fully saturated rings. The van der Waals surface area contributed by atoms with Gasteiger partial charge in [-0.05, 0) is 13.0 Å². The summed E-state index contributed by atoms with van der Waals surface area (Å²) >= 11 is 0. The van der Waals surface area contributed by atoms with Crippen LogP contribution in [0.5, 0.6) is 11.5 Å². The van der Waals surface area contributed by atoms with E-state index in [1.807, 2.05) is 13.1 Å². The third-order valence-electron chi connectivity index (χ3n) is 5.52. The molecule has 1 N–H and O–H groups in total. The Morgan fingerprint density at radius 2 is 1.97 bits per heavy atom. The highest BCUT2D eigenvalue weighted by molar-refractivity contribution is 5.62. The van der Waals surface area contributed by atoms with Gasteiger partial charge in [-0.2, -0.15) is 4.98 Å². The minimum atomic E-state index is -0.636. The highest BCUT2D eigenvalue weighted by Crippen LogP contribution is 2.38. The fraction of sp³-hybridized carbons (Fsp3) is 0.217. The zero-order chi connectivity index (χ0) is 23.8. The Kier molecular flexibility index (Phi) is 5.44. The van der Waals surface area contributed by atoms with Crippen molar-refractivity contribution in [3.63, 3.8) is 0 Å². The van der Waals surface area contributed by atoms with Crippen LogP contribution in [0, 0.1) is 18.6 Å². The lowest BCUT2D eigenvalue weighted by molar-refractivity contribution is 0.262. The predicted molar refractivity (Wildman–Crippen MR) is 121 cm³/mol. The van der Waals surface area contributed by atoms with Gasteiger partial charge in [0.1, 0.15) is 24.6 Å². The van der Waals surface area contributed by atoms with Gasteiger partial charge >= 0.3 is 0 Å². The van der Waals surface area contributed by atoms with E-state index < -0.39 is 17.7 Å². The molecular weight excluding hydrogens is 444 g/mol. The Morgan fingerprint density at radius 3 is 2.71 bits per heavy atom. The van der Waals surface area contributed by atoms with E-state index in [9.17, 15) is 8.78 Å². The average molecular weight is 465 g/mol. The summed E-state index contributed by atoms with van der Waals surface area (Å²) in [6.07, 6.45) is 6.69. The van der Waals surface area contributed by atoms with Gasteiger partial charge < -0.3 is 19.7 Å². The van der Waals surface area contributed by atoms with Crippen LogP contribution in [0.3, 0.4) is 0 Å². The maximum absolute atomic E-state index is 14.4. The van der Waals surface area contributed by atoms with Crippen molar-refractivity contribution in [2.75, 3.05) is 31.0 Å². The van der Waals surface area contributed by atoms with Crippen molar-refractivity contribution in [2.24, 2.45) is 0 Å². The number of methoxy groups -OCH3 is 1. The summed E-state index contributed by atoms with van der Waals surface area (Å²) in [5.41, 5.74) is 1.79. The standard InChI is InChI=1S/C23H21F2N7O2/c1-13-10-32(12-28-13)21-19(33-3)7-15(8-26-21)29-23-27-9-20-22(30-23)31(2)18(11-34-20)16-5-4-14(24)6-17(16)25/h4-10,12,18H,11H2,1-3H3,(H,27,29,30). The number of aryl methyl sites for hydroxylation is 1. The molecule has 0 radical (unpaired) electrons. The average Bonchev–Trinajstić information content (AvgIpc) is 3.26. The maximum atomic E-state index is 14.4. The first-order valence-electron chi connectivity index (χ1n) is 10.4. The topological polar surface area (TPSA) is 90.2 Å². The van der Waals surface area contributed by atoms with E-state index in [0.717, 1.165) is 11.8 Å². The van der Waals surface area contributed by atoms with Gasteiger partial charge in [-0.1, -0.05) is 6.07 Å². The molecule has 5 rings (SSSR count). The first-order chi connectivity index (χ1) is 16.4. The largest absolute Gasteiger partial charge is 0.493 e. The van der Waals surface area contributed by atoms with Crippen molar-refractivity contribution >= 4 is 17.5 Å². The van der Waals surface area contributed by atoms with Gasteiger partial charge in [0.2, 0.25) is 5.95 Å². The number of hydrogen-bond donors (Lipinski definition) is 1. The van der Waals surface area contributed by atoms with Gasteiger partial charge in [-0.15, -0.1) is 0 Å². The summed E-state index contributed by atoms with van der Waals surface area (Å²) in [5, 5.41) is 3.11. The quantitative estimate of drug-likeness (QED) is 0.474. The normalized spacial score (nSPS) is 15.0. The van der Waals surface area contributed by atoms with Crippen molar-refractivity contribution in [1.82, 2.24) is 24.5 Å². The number of pyridine rings is 1. The summed E-state index contributed by atoms with van der Waals surface area (Å²) < 4.78 is 40.8. The SMILES string of the molecule is COc1cc(Nc2ncc3c(n2)N(C)C(c2ccc(F)cc2F)CO3)cnc1-n1cnc(C)c1. The van der Waals surface area contributed by atoms with Crippen LogP contribution < -0.4 is 19.7 Å². The third kappa shape index (κ3) is 3.96. The van der Waals surface area contributed by atoms with Crippen molar-refractivity contribution < 1.29 is 18.3 Å². The molecule has 0 aliphatic carbocycles. The molecule has 0 saturated carbocycles. The molecule has 0 spiro atoms. The number of fused-ring (bicyclic) bond motifs is 1. The molecule has 1 aliphatic heterocycles. The summed E-state index contributed by atoms with van der Waals surface area (Å²) in [7, 11) is 3.34. The number of benzene rings is 1. The molecule has 1 aromatic carbocycles. The van der Waals surface area contributed by atoms with E-state index in [1.165, 1.54) is 12.1 Å². The number of rotatable bonds is 5. The summed E-state index contributed by atoms with van der Waals surface area (Å²) in [4.78, 5) is 19.3. The molecule has 0 bridgehead atoms. The number of halogens is 2. The Bertz CT molecular complexity index is 1360. The van der Waals surface area contributed by atoms with Crippen LogP contribution in [-0.2, 0) is 0 Å². The van der Waals surface area contributed by atoms with Crippen LogP contribution >= 0.6 is 0 Å². The summed E-state index contributed by atoms with van der Waals surface area (Å²) in [5.74, 6) is 1.10.